The number of rotatable bonds is 5. The van der Waals surface area contributed by atoms with Crippen molar-refractivity contribution in [1.29, 1.82) is 0 Å². The van der Waals surface area contributed by atoms with E-state index >= 15 is 0 Å². The van der Waals surface area contributed by atoms with Crippen molar-refractivity contribution in [3.63, 3.8) is 0 Å². The van der Waals surface area contributed by atoms with E-state index in [1.54, 1.807) is 0 Å². The Balaban J connectivity index is 2.91. The number of likely N-dealkylation sites (tertiary alicyclic amines) is 1. The minimum atomic E-state index is -1.43. The number of carbonyl (C=O) groups is 4. The highest BCUT2D eigenvalue weighted by molar-refractivity contribution is 6.09. The molecule has 1 rings (SSSR count). The van der Waals surface area contributed by atoms with Crippen molar-refractivity contribution in [3.8, 4) is 0 Å². The molecule has 0 aliphatic carbocycles. The van der Waals surface area contributed by atoms with Crippen LogP contribution >= 0.6 is 0 Å². The van der Waals surface area contributed by atoms with Crippen LogP contribution in [-0.4, -0.2) is 61.1 Å². The first-order valence-corrected chi connectivity index (χ1v) is 5.57. The Morgan fingerprint density at radius 1 is 1.05 bits per heavy atom. The summed E-state index contributed by atoms with van der Waals surface area (Å²) >= 11 is 0. The number of esters is 2. The number of hydrogen-bond acceptors (Lipinski definition) is 7. The third-order valence-electron chi connectivity index (χ3n) is 2.40. The van der Waals surface area contributed by atoms with Crippen molar-refractivity contribution in [3.05, 3.63) is 0 Å². The molecule has 0 aromatic carbocycles. The zero-order valence-corrected chi connectivity index (χ0v) is 10.9. The summed E-state index contributed by atoms with van der Waals surface area (Å²) in [5.74, 6) is -2.92. The van der Waals surface area contributed by atoms with Crippen molar-refractivity contribution in [2.45, 2.75) is 26.1 Å². The molecule has 2 amide bonds. The lowest BCUT2D eigenvalue weighted by atomic mass is 10.2. The maximum Gasteiger partial charge on any atom is 0.303 e. The molecule has 0 aromatic rings. The molecule has 8 nitrogen and oxygen atoms in total. The first-order valence-electron chi connectivity index (χ1n) is 5.57. The van der Waals surface area contributed by atoms with E-state index in [-0.39, 0.29) is 13.2 Å². The molecule has 2 atom stereocenters. The molecule has 8 heteroatoms. The molecule has 0 radical (unpaired) electrons. The minimum absolute atomic E-state index is 0.00367. The maximum atomic E-state index is 11.9. The van der Waals surface area contributed by atoms with Gasteiger partial charge in [0.25, 0.3) is 11.8 Å². The summed E-state index contributed by atoms with van der Waals surface area (Å²) in [6.07, 6.45) is -2.85. The van der Waals surface area contributed by atoms with Gasteiger partial charge in [-0.25, -0.2) is 0 Å². The lowest BCUT2D eigenvalue weighted by molar-refractivity contribution is -0.167. The van der Waals surface area contributed by atoms with Gasteiger partial charge in [-0.15, -0.1) is 0 Å². The quantitative estimate of drug-likeness (QED) is 0.461. The van der Waals surface area contributed by atoms with E-state index in [9.17, 15) is 19.2 Å². The highest BCUT2D eigenvalue weighted by atomic mass is 16.6. The molecule has 1 aliphatic heterocycles. The highest BCUT2D eigenvalue weighted by Gasteiger charge is 2.51. The molecule has 0 spiro atoms. The number of nitrogens with zero attached hydrogens (tertiary/aromatic N) is 1. The summed E-state index contributed by atoms with van der Waals surface area (Å²) in [4.78, 5) is 46.6. The summed E-state index contributed by atoms with van der Waals surface area (Å²) in [6, 6.07) is 0. The third kappa shape index (κ3) is 3.50. The van der Waals surface area contributed by atoms with Gasteiger partial charge < -0.3 is 14.2 Å². The van der Waals surface area contributed by atoms with Crippen molar-refractivity contribution in [1.82, 2.24) is 4.90 Å². The zero-order valence-electron chi connectivity index (χ0n) is 10.9. The number of imide groups is 1. The van der Waals surface area contributed by atoms with Crippen molar-refractivity contribution in [2.75, 3.05) is 20.3 Å². The smallest absolute Gasteiger partial charge is 0.303 e. The fourth-order valence-electron chi connectivity index (χ4n) is 1.66. The largest absolute Gasteiger partial charge is 0.448 e. The Hall–Kier alpha value is -1.96. The summed E-state index contributed by atoms with van der Waals surface area (Å²) in [5.41, 5.74) is 0. The van der Waals surface area contributed by atoms with Gasteiger partial charge in [0, 0.05) is 21.0 Å². The number of methoxy groups -OCH3 is 1. The topological polar surface area (TPSA) is 99.2 Å². The van der Waals surface area contributed by atoms with Gasteiger partial charge in [-0.2, -0.15) is 0 Å². The van der Waals surface area contributed by atoms with Gasteiger partial charge >= 0.3 is 11.9 Å². The normalized spacial score (nSPS) is 22.6. The number of carbonyl (C=O) groups excluding carboxylic acids is 4. The van der Waals surface area contributed by atoms with Gasteiger partial charge in [-0.05, 0) is 0 Å². The van der Waals surface area contributed by atoms with Crippen LogP contribution in [0.2, 0.25) is 0 Å². The number of ether oxygens (including phenoxy) is 3. The van der Waals surface area contributed by atoms with E-state index in [1.807, 2.05) is 0 Å². The van der Waals surface area contributed by atoms with E-state index in [0.29, 0.717) is 0 Å². The Bertz CT molecular complexity index is 372. The summed E-state index contributed by atoms with van der Waals surface area (Å²) in [7, 11) is 1.41. The second-order valence-corrected chi connectivity index (χ2v) is 3.88. The first-order chi connectivity index (χ1) is 8.88. The zero-order chi connectivity index (χ0) is 14.6. The molecule has 0 N–H and O–H groups in total. The van der Waals surface area contributed by atoms with E-state index < -0.39 is 36.0 Å². The van der Waals surface area contributed by atoms with E-state index in [1.165, 1.54) is 7.11 Å². The standard InChI is InChI=1S/C11H15NO7/c1-6(13)18-8-9(19-7(2)14)11(16)12(10(8)15)4-5-17-3/h8-9H,4-5H2,1-3H3/t8-,9-/m1/s1. The van der Waals surface area contributed by atoms with Crippen molar-refractivity contribution < 1.29 is 33.4 Å². The van der Waals surface area contributed by atoms with Crippen LogP contribution in [0.5, 0.6) is 0 Å². The second kappa shape index (κ2) is 6.28. The Labute approximate surface area is 109 Å². The van der Waals surface area contributed by atoms with Crippen LogP contribution in [0.4, 0.5) is 0 Å². The molecule has 106 valence electrons. The lowest BCUT2D eigenvalue weighted by Crippen LogP contribution is -2.36. The maximum absolute atomic E-state index is 11.9. The van der Waals surface area contributed by atoms with E-state index in [4.69, 9.17) is 14.2 Å². The summed E-state index contributed by atoms with van der Waals surface area (Å²) < 4.78 is 14.3. The Morgan fingerprint density at radius 2 is 1.47 bits per heavy atom. The predicted octanol–water partition coefficient (Wildman–Crippen LogP) is -1.13. The van der Waals surface area contributed by atoms with Crippen LogP contribution in [0.15, 0.2) is 0 Å². The monoisotopic (exact) mass is 273 g/mol. The summed E-state index contributed by atoms with van der Waals surface area (Å²) in [5, 5.41) is 0. The number of hydrogen-bond donors (Lipinski definition) is 0. The minimum Gasteiger partial charge on any atom is -0.448 e. The third-order valence-corrected chi connectivity index (χ3v) is 2.40. The lowest BCUT2D eigenvalue weighted by Gasteiger charge is -2.14. The van der Waals surface area contributed by atoms with Crippen LogP contribution in [0.1, 0.15) is 13.8 Å². The van der Waals surface area contributed by atoms with Gasteiger partial charge in [-0.1, -0.05) is 0 Å². The first kappa shape index (κ1) is 15.1. The van der Waals surface area contributed by atoms with Crippen LogP contribution in [-0.2, 0) is 33.4 Å². The van der Waals surface area contributed by atoms with E-state index in [0.717, 1.165) is 18.7 Å². The van der Waals surface area contributed by atoms with Gasteiger partial charge in [0.1, 0.15) is 0 Å². The van der Waals surface area contributed by atoms with Crippen molar-refractivity contribution >= 4 is 23.8 Å². The molecule has 0 saturated carbocycles. The SMILES string of the molecule is COCCN1C(=O)[C@H](OC(C)=O)[C@@H](OC(C)=O)C1=O. The van der Waals surface area contributed by atoms with Crippen LogP contribution in [0.3, 0.4) is 0 Å². The molecule has 0 unspecified atom stereocenters. The molecule has 0 bridgehead atoms. The van der Waals surface area contributed by atoms with Gasteiger partial charge in [-0.3, -0.25) is 24.1 Å². The Kier molecular flexibility index (Phi) is 4.99. The van der Waals surface area contributed by atoms with Crippen molar-refractivity contribution in [2.24, 2.45) is 0 Å². The molecule has 1 saturated heterocycles. The molecule has 19 heavy (non-hydrogen) atoms. The average molecular weight is 273 g/mol. The van der Waals surface area contributed by atoms with Crippen LogP contribution in [0.25, 0.3) is 0 Å². The molecule has 0 aromatic heterocycles. The van der Waals surface area contributed by atoms with Gasteiger partial charge in [0.15, 0.2) is 0 Å². The van der Waals surface area contributed by atoms with Crippen LogP contribution in [0, 0.1) is 0 Å². The second-order valence-electron chi connectivity index (χ2n) is 3.88. The van der Waals surface area contributed by atoms with Gasteiger partial charge in [0.2, 0.25) is 12.2 Å². The molecule has 1 aliphatic rings. The fourth-order valence-corrected chi connectivity index (χ4v) is 1.66. The molecule has 1 heterocycles. The summed E-state index contributed by atoms with van der Waals surface area (Å²) in [6.45, 7) is 2.33. The number of amides is 2. The van der Waals surface area contributed by atoms with Crippen LogP contribution < -0.4 is 0 Å². The average Bonchev–Trinajstić information content (AvgIpc) is 2.51. The molecular weight excluding hydrogens is 258 g/mol. The Morgan fingerprint density at radius 3 is 1.79 bits per heavy atom. The molecule has 1 fully saturated rings. The fraction of sp³-hybridized carbons (Fsp3) is 0.636. The molecular formula is C11H15NO7. The van der Waals surface area contributed by atoms with E-state index in [2.05, 4.69) is 0 Å². The van der Waals surface area contributed by atoms with Gasteiger partial charge in [0.05, 0.1) is 13.2 Å². The predicted molar refractivity (Wildman–Crippen MR) is 59.7 cm³/mol. The highest BCUT2D eigenvalue weighted by Crippen LogP contribution is 2.20.